The second kappa shape index (κ2) is 10.3. The first-order valence-electron chi connectivity index (χ1n) is 11.4. The first-order chi connectivity index (χ1) is 16.8. The first-order valence-corrected chi connectivity index (χ1v) is 12.9. The van der Waals surface area contributed by atoms with Crippen molar-refractivity contribution in [2.24, 2.45) is 0 Å². The van der Waals surface area contributed by atoms with Crippen molar-refractivity contribution in [2.75, 3.05) is 35.1 Å². The van der Waals surface area contributed by atoms with Gasteiger partial charge in [-0.15, -0.1) is 0 Å². The maximum Gasteiger partial charge on any atom is 0.267 e. The molecule has 3 aromatic rings. The Hall–Kier alpha value is -3.66. The van der Waals surface area contributed by atoms with Crippen molar-refractivity contribution >= 4 is 33.0 Å². The number of carbonyl (C=O) groups is 1. The normalized spacial score (nSPS) is 13.9. The van der Waals surface area contributed by atoms with E-state index in [0.29, 0.717) is 11.3 Å². The number of pyridine rings is 2. The summed E-state index contributed by atoms with van der Waals surface area (Å²) in [5, 5.41) is 2.73. The van der Waals surface area contributed by atoms with Gasteiger partial charge in [-0.2, -0.15) is 0 Å². The Bertz CT molecular complexity index is 1320. The molecule has 0 saturated carbocycles. The Kier molecular flexibility index (Phi) is 7.20. The number of aryl methyl sites for hydroxylation is 2. The van der Waals surface area contributed by atoms with Gasteiger partial charge in [0.1, 0.15) is 0 Å². The van der Waals surface area contributed by atoms with Crippen molar-refractivity contribution in [3.8, 4) is 5.88 Å². The number of hydrogen-bond acceptors (Lipinski definition) is 7. The lowest BCUT2D eigenvalue weighted by Crippen LogP contribution is -2.29. The first kappa shape index (κ1) is 24.5. The molecule has 35 heavy (non-hydrogen) atoms. The minimum absolute atomic E-state index is 0.0736. The van der Waals surface area contributed by atoms with Gasteiger partial charge in [0.25, 0.3) is 15.9 Å². The number of methoxy groups -OCH3 is 1. The van der Waals surface area contributed by atoms with Crippen LogP contribution in [0.5, 0.6) is 5.88 Å². The zero-order chi connectivity index (χ0) is 25.0. The number of benzene rings is 1. The summed E-state index contributed by atoms with van der Waals surface area (Å²) in [6, 6.07) is 8.63. The number of nitrogens with zero attached hydrogens (tertiary/aromatic N) is 3. The predicted octanol–water partition coefficient (Wildman–Crippen LogP) is 4.15. The molecule has 1 aromatic carbocycles. The molecule has 0 atom stereocenters. The Morgan fingerprint density at radius 1 is 1.03 bits per heavy atom. The van der Waals surface area contributed by atoms with Crippen LogP contribution in [0.2, 0.25) is 0 Å². The zero-order valence-electron chi connectivity index (χ0n) is 20.0. The number of rotatable bonds is 7. The standard InChI is InChI=1S/C25H29N5O4S/c1-17-8-7-9-18(2)23(17)29-35(32,33)22-13-20(15-27-25(22)34-3)28-24(31)19-12-21(16-26-14-19)30-10-5-4-6-11-30/h7-9,12-16,29H,4-6,10-11H2,1-3H3,(H,28,31). The van der Waals surface area contributed by atoms with E-state index in [-0.39, 0.29) is 16.5 Å². The van der Waals surface area contributed by atoms with E-state index in [1.54, 1.807) is 12.3 Å². The summed E-state index contributed by atoms with van der Waals surface area (Å²) < 4.78 is 34.3. The van der Waals surface area contributed by atoms with Crippen LogP contribution in [0.25, 0.3) is 0 Å². The largest absolute Gasteiger partial charge is 0.480 e. The Morgan fingerprint density at radius 2 is 1.74 bits per heavy atom. The van der Waals surface area contributed by atoms with E-state index in [0.717, 1.165) is 42.7 Å². The molecule has 1 aliphatic rings. The van der Waals surface area contributed by atoms with E-state index in [4.69, 9.17) is 4.74 Å². The molecule has 1 amide bonds. The van der Waals surface area contributed by atoms with Gasteiger partial charge in [-0.25, -0.2) is 13.4 Å². The van der Waals surface area contributed by atoms with Crippen LogP contribution >= 0.6 is 0 Å². The number of carbonyl (C=O) groups excluding carboxylic acids is 1. The lowest BCUT2D eigenvalue weighted by Gasteiger charge is -2.28. The van der Waals surface area contributed by atoms with Gasteiger partial charge < -0.3 is 15.0 Å². The fraction of sp³-hybridized carbons (Fsp3) is 0.320. The van der Waals surface area contributed by atoms with Gasteiger partial charge in [-0.05, 0) is 56.4 Å². The molecule has 0 bridgehead atoms. The summed E-state index contributed by atoms with van der Waals surface area (Å²) in [6.45, 7) is 5.51. The Morgan fingerprint density at radius 3 is 2.43 bits per heavy atom. The van der Waals surface area contributed by atoms with Crippen LogP contribution in [0.3, 0.4) is 0 Å². The zero-order valence-corrected chi connectivity index (χ0v) is 20.9. The highest BCUT2D eigenvalue weighted by Gasteiger charge is 2.24. The van der Waals surface area contributed by atoms with E-state index >= 15 is 0 Å². The molecule has 4 rings (SSSR count). The number of piperidine rings is 1. The highest BCUT2D eigenvalue weighted by molar-refractivity contribution is 7.92. The van der Waals surface area contributed by atoms with Gasteiger partial charge in [0.05, 0.1) is 42.1 Å². The second-order valence-electron chi connectivity index (χ2n) is 8.54. The van der Waals surface area contributed by atoms with Crippen LogP contribution in [-0.4, -0.2) is 44.5 Å². The second-order valence-corrected chi connectivity index (χ2v) is 10.2. The average molecular weight is 496 g/mol. The maximum absolute atomic E-state index is 13.3. The molecule has 2 N–H and O–H groups in total. The van der Waals surface area contributed by atoms with E-state index < -0.39 is 15.9 Å². The number of amides is 1. The highest BCUT2D eigenvalue weighted by atomic mass is 32.2. The number of anilines is 3. The van der Waals surface area contributed by atoms with Gasteiger partial charge in [-0.3, -0.25) is 14.5 Å². The monoisotopic (exact) mass is 495 g/mol. The van der Waals surface area contributed by atoms with E-state index in [2.05, 4.69) is 24.9 Å². The number of aromatic nitrogens is 2. The molecule has 2 aromatic heterocycles. The molecule has 0 aliphatic carbocycles. The molecule has 9 nitrogen and oxygen atoms in total. The van der Waals surface area contributed by atoms with Crippen LogP contribution in [0.1, 0.15) is 40.7 Å². The number of sulfonamides is 1. The smallest absolute Gasteiger partial charge is 0.267 e. The van der Waals surface area contributed by atoms with Crippen molar-refractivity contribution < 1.29 is 17.9 Å². The van der Waals surface area contributed by atoms with Gasteiger partial charge in [0, 0.05) is 19.3 Å². The van der Waals surface area contributed by atoms with Crippen molar-refractivity contribution in [1.82, 2.24) is 9.97 Å². The molecule has 1 saturated heterocycles. The summed E-state index contributed by atoms with van der Waals surface area (Å²) in [4.78, 5) is 23.3. The molecule has 0 unspecified atom stereocenters. The van der Waals surface area contributed by atoms with Crippen molar-refractivity contribution in [3.63, 3.8) is 0 Å². The topological polar surface area (TPSA) is 114 Å². The fourth-order valence-electron chi connectivity index (χ4n) is 4.09. The molecular weight excluding hydrogens is 466 g/mol. The summed E-state index contributed by atoms with van der Waals surface area (Å²) in [7, 11) is -2.71. The quantitative estimate of drug-likeness (QED) is 0.506. The highest BCUT2D eigenvalue weighted by Crippen LogP contribution is 2.29. The van der Waals surface area contributed by atoms with Gasteiger partial charge >= 0.3 is 0 Å². The van der Waals surface area contributed by atoms with Crippen LogP contribution in [-0.2, 0) is 10.0 Å². The fourth-order valence-corrected chi connectivity index (χ4v) is 5.44. The average Bonchev–Trinajstić information content (AvgIpc) is 2.87. The molecule has 0 radical (unpaired) electrons. The summed E-state index contributed by atoms with van der Waals surface area (Å²) in [5.74, 6) is -0.482. The number of ether oxygens (including phenoxy) is 1. The number of hydrogen-bond donors (Lipinski definition) is 2. The van der Waals surface area contributed by atoms with Gasteiger partial charge in [0.15, 0.2) is 4.90 Å². The predicted molar refractivity (Wildman–Crippen MR) is 136 cm³/mol. The van der Waals surface area contributed by atoms with E-state index in [1.807, 2.05) is 32.0 Å². The summed E-state index contributed by atoms with van der Waals surface area (Å²) in [6.07, 6.45) is 8.03. The SMILES string of the molecule is COc1ncc(NC(=O)c2cncc(N3CCCCC3)c2)cc1S(=O)(=O)Nc1c(C)cccc1C. The molecule has 3 heterocycles. The molecule has 184 valence electrons. The van der Waals surface area contributed by atoms with Crippen molar-refractivity contribution in [2.45, 2.75) is 38.0 Å². The third-order valence-electron chi connectivity index (χ3n) is 5.98. The minimum Gasteiger partial charge on any atom is -0.480 e. The Balaban J connectivity index is 1.59. The van der Waals surface area contributed by atoms with Crippen molar-refractivity contribution in [3.05, 3.63) is 65.6 Å². The summed E-state index contributed by atoms with van der Waals surface area (Å²) in [5.41, 5.74) is 3.55. The minimum atomic E-state index is -4.05. The van der Waals surface area contributed by atoms with Crippen LogP contribution < -0.4 is 19.7 Å². The molecule has 1 aliphatic heterocycles. The molecule has 10 heteroatoms. The molecule has 1 fully saturated rings. The van der Waals surface area contributed by atoms with Crippen molar-refractivity contribution in [1.29, 1.82) is 0 Å². The lowest BCUT2D eigenvalue weighted by molar-refractivity contribution is 0.102. The van der Waals surface area contributed by atoms with Gasteiger partial charge in [0.2, 0.25) is 5.88 Å². The van der Waals surface area contributed by atoms with E-state index in [9.17, 15) is 13.2 Å². The number of para-hydroxylation sites is 1. The van der Waals surface area contributed by atoms with Crippen LogP contribution in [0, 0.1) is 13.8 Å². The van der Waals surface area contributed by atoms with Crippen LogP contribution in [0.4, 0.5) is 17.1 Å². The molecular formula is C25H29N5O4S. The third kappa shape index (κ3) is 5.54. The Labute approximate surface area is 205 Å². The van der Waals surface area contributed by atoms with Gasteiger partial charge in [-0.1, -0.05) is 18.2 Å². The maximum atomic E-state index is 13.3. The third-order valence-corrected chi connectivity index (χ3v) is 7.33. The molecule has 0 spiro atoms. The van der Waals surface area contributed by atoms with Crippen LogP contribution in [0.15, 0.2) is 53.8 Å². The number of nitrogens with one attached hydrogen (secondary N) is 2. The van der Waals surface area contributed by atoms with E-state index in [1.165, 1.54) is 32.0 Å². The lowest BCUT2D eigenvalue weighted by atomic mass is 10.1. The summed E-state index contributed by atoms with van der Waals surface area (Å²) >= 11 is 0.